The van der Waals surface area contributed by atoms with Gasteiger partial charge in [0.05, 0.1) is 0 Å². The minimum Gasteiger partial charge on any atom is -0.348 e. The number of hydrogen-bond acceptors (Lipinski definition) is 2. The molecule has 4 nitrogen and oxygen atoms in total. The van der Waals surface area contributed by atoms with Crippen molar-refractivity contribution in [2.24, 2.45) is 11.8 Å². The Hall–Kier alpha value is -2.62. The van der Waals surface area contributed by atoms with Crippen molar-refractivity contribution in [3.05, 3.63) is 70.8 Å². The SMILES string of the molecule is O=C(NCc1ccccc1)c1ccc2c(c1)[C@@H]1[C@H]3CC[C@H](C3)[C@@H]1NC2=O. The molecule has 0 radical (unpaired) electrons. The maximum absolute atomic E-state index is 12.6. The largest absolute Gasteiger partial charge is 0.348 e. The van der Waals surface area contributed by atoms with Crippen molar-refractivity contribution < 1.29 is 9.59 Å². The van der Waals surface area contributed by atoms with Gasteiger partial charge in [0.25, 0.3) is 11.8 Å². The summed E-state index contributed by atoms with van der Waals surface area (Å²) in [4.78, 5) is 25.1. The summed E-state index contributed by atoms with van der Waals surface area (Å²) < 4.78 is 0. The molecular formula is C22H22N2O2. The molecule has 26 heavy (non-hydrogen) atoms. The van der Waals surface area contributed by atoms with Gasteiger partial charge >= 0.3 is 0 Å². The van der Waals surface area contributed by atoms with Crippen LogP contribution < -0.4 is 10.6 Å². The second kappa shape index (κ2) is 5.97. The lowest BCUT2D eigenvalue weighted by atomic mass is 9.75. The Bertz CT molecular complexity index is 877. The fourth-order valence-electron chi connectivity index (χ4n) is 5.24. The van der Waals surface area contributed by atoms with Gasteiger partial charge < -0.3 is 10.6 Å². The van der Waals surface area contributed by atoms with Crippen LogP contribution in [0.3, 0.4) is 0 Å². The van der Waals surface area contributed by atoms with Crippen LogP contribution in [0.25, 0.3) is 0 Å². The molecule has 132 valence electrons. The summed E-state index contributed by atoms with van der Waals surface area (Å²) in [5.41, 5.74) is 3.55. The molecule has 2 aliphatic carbocycles. The van der Waals surface area contributed by atoms with Gasteiger partial charge in [-0.15, -0.1) is 0 Å². The molecule has 0 saturated heterocycles. The molecule has 0 spiro atoms. The minimum atomic E-state index is -0.0812. The van der Waals surface area contributed by atoms with Crippen molar-refractivity contribution in [1.82, 2.24) is 10.6 Å². The summed E-state index contributed by atoms with van der Waals surface area (Å²) in [6, 6.07) is 15.7. The smallest absolute Gasteiger partial charge is 0.251 e. The highest BCUT2D eigenvalue weighted by molar-refractivity contribution is 6.00. The van der Waals surface area contributed by atoms with Gasteiger partial charge in [-0.2, -0.15) is 0 Å². The van der Waals surface area contributed by atoms with Crippen molar-refractivity contribution >= 4 is 11.8 Å². The standard InChI is InChI=1S/C22H22N2O2/c25-21(23-12-13-4-2-1-3-5-13)16-8-9-17-18(11-16)19-14-6-7-15(10-14)20(19)24-22(17)26/h1-5,8-9,11,14-15,19-20H,6-7,10,12H2,(H,23,25)(H,24,26)/t14-,15+,19-,20-/m0/s1. The van der Waals surface area contributed by atoms with E-state index in [0.717, 1.165) is 16.7 Å². The number of carbonyl (C=O) groups is 2. The number of fused-ring (bicyclic) bond motifs is 7. The third kappa shape index (κ3) is 2.44. The van der Waals surface area contributed by atoms with Crippen molar-refractivity contribution in [3.63, 3.8) is 0 Å². The summed E-state index contributed by atoms with van der Waals surface area (Å²) in [5.74, 6) is 1.57. The molecule has 2 aromatic rings. The third-order valence-corrected chi connectivity index (χ3v) is 6.43. The molecule has 2 amide bonds. The van der Waals surface area contributed by atoms with Crippen LogP contribution in [0, 0.1) is 11.8 Å². The lowest BCUT2D eigenvalue weighted by molar-refractivity contribution is 0.0892. The molecule has 5 rings (SSSR count). The van der Waals surface area contributed by atoms with Crippen LogP contribution in [0.4, 0.5) is 0 Å². The molecule has 4 atom stereocenters. The first-order chi connectivity index (χ1) is 12.7. The number of benzene rings is 2. The Morgan fingerprint density at radius 2 is 1.88 bits per heavy atom. The molecule has 2 aromatic carbocycles. The van der Waals surface area contributed by atoms with Gasteiger partial charge in [-0.3, -0.25) is 9.59 Å². The van der Waals surface area contributed by atoms with Crippen LogP contribution in [0.2, 0.25) is 0 Å². The number of rotatable bonds is 3. The van der Waals surface area contributed by atoms with Gasteiger partial charge in [0, 0.05) is 29.6 Å². The highest BCUT2D eigenvalue weighted by atomic mass is 16.2. The molecule has 2 bridgehead atoms. The van der Waals surface area contributed by atoms with Gasteiger partial charge in [-0.1, -0.05) is 30.3 Å². The molecule has 2 N–H and O–H groups in total. The van der Waals surface area contributed by atoms with E-state index in [0.29, 0.717) is 29.9 Å². The Morgan fingerprint density at radius 3 is 2.73 bits per heavy atom. The van der Waals surface area contributed by atoms with Gasteiger partial charge in [0.2, 0.25) is 0 Å². The predicted octanol–water partition coefficient (Wildman–Crippen LogP) is 3.24. The zero-order chi connectivity index (χ0) is 17.7. The van der Waals surface area contributed by atoms with E-state index in [-0.39, 0.29) is 17.9 Å². The van der Waals surface area contributed by atoms with Crippen molar-refractivity contribution in [3.8, 4) is 0 Å². The quantitative estimate of drug-likeness (QED) is 0.896. The number of nitrogens with one attached hydrogen (secondary N) is 2. The molecule has 2 saturated carbocycles. The van der Waals surface area contributed by atoms with Crippen LogP contribution in [0.15, 0.2) is 48.5 Å². The van der Waals surface area contributed by atoms with Crippen molar-refractivity contribution in [2.75, 3.05) is 0 Å². The molecule has 1 heterocycles. The van der Waals surface area contributed by atoms with E-state index in [4.69, 9.17) is 0 Å². The predicted molar refractivity (Wildman–Crippen MR) is 98.9 cm³/mol. The maximum atomic E-state index is 12.6. The van der Waals surface area contributed by atoms with Gasteiger partial charge in [0.15, 0.2) is 0 Å². The minimum absolute atomic E-state index is 0.0186. The Kier molecular flexibility index (Phi) is 3.59. The summed E-state index contributed by atoms with van der Waals surface area (Å²) in [7, 11) is 0. The summed E-state index contributed by atoms with van der Waals surface area (Å²) in [6.07, 6.45) is 3.67. The van der Waals surface area contributed by atoms with E-state index in [1.807, 2.05) is 42.5 Å². The highest BCUT2D eigenvalue weighted by Crippen LogP contribution is 2.55. The molecule has 2 fully saturated rings. The van der Waals surface area contributed by atoms with Crippen LogP contribution in [-0.2, 0) is 6.54 Å². The van der Waals surface area contributed by atoms with Gasteiger partial charge in [-0.05, 0) is 60.4 Å². The Labute approximate surface area is 153 Å². The van der Waals surface area contributed by atoms with Crippen LogP contribution in [-0.4, -0.2) is 17.9 Å². The van der Waals surface area contributed by atoms with Crippen molar-refractivity contribution in [1.29, 1.82) is 0 Å². The average Bonchev–Trinajstić information content (AvgIpc) is 3.29. The maximum Gasteiger partial charge on any atom is 0.251 e. The zero-order valence-electron chi connectivity index (χ0n) is 14.6. The summed E-state index contributed by atoms with van der Waals surface area (Å²) in [6.45, 7) is 0.508. The lowest BCUT2D eigenvalue weighted by Gasteiger charge is -2.37. The summed E-state index contributed by atoms with van der Waals surface area (Å²) in [5, 5.41) is 6.21. The second-order valence-corrected chi connectivity index (χ2v) is 7.83. The highest BCUT2D eigenvalue weighted by Gasteiger charge is 2.51. The average molecular weight is 346 g/mol. The number of carbonyl (C=O) groups excluding carboxylic acids is 2. The fraction of sp³-hybridized carbons (Fsp3) is 0.364. The molecule has 0 aromatic heterocycles. The Morgan fingerprint density at radius 1 is 1.08 bits per heavy atom. The van der Waals surface area contributed by atoms with E-state index in [1.54, 1.807) is 6.07 Å². The monoisotopic (exact) mass is 346 g/mol. The topological polar surface area (TPSA) is 58.2 Å². The van der Waals surface area contributed by atoms with Crippen LogP contribution in [0.1, 0.15) is 57.0 Å². The second-order valence-electron chi connectivity index (χ2n) is 7.83. The molecule has 4 heteroatoms. The summed E-state index contributed by atoms with van der Waals surface area (Å²) >= 11 is 0. The normalized spacial score (nSPS) is 28.2. The number of hydrogen-bond donors (Lipinski definition) is 2. The molecule has 0 unspecified atom stereocenters. The van der Waals surface area contributed by atoms with E-state index in [9.17, 15) is 9.59 Å². The molecular weight excluding hydrogens is 324 g/mol. The van der Waals surface area contributed by atoms with Gasteiger partial charge in [0.1, 0.15) is 0 Å². The van der Waals surface area contributed by atoms with Crippen LogP contribution in [0.5, 0.6) is 0 Å². The molecule has 1 aliphatic heterocycles. The first-order valence-electron chi connectivity index (χ1n) is 9.47. The molecule has 3 aliphatic rings. The first-order valence-corrected chi connectivity index (χ1v) is 9.47. The zero-order valence-corrected chi connectivity index (χ0v) is 14.6. The lowest BCUT2D eigenvalue weighted by Crippen LogP contribution is -2.47. The Balaban J connectivity index is 1.41. The van der Waals surface area contributed by atoms with E-state index in [1.165, 1.54) is 19.3 Å². The third-order valence-electron chi connectivity index (χ3n) is 6.43. The van der Waals surface area contributed by atoms with Crippen molar-refractivity contribution in [2.45, 2.75) is 37.8 Å². The van der Waals surface area contributed by atoms with Gasteiger partial charge in [-0.25, -0.2) is 0 Å². The van der Waals surface area contributed by atoms with E-state index in [2.05, 4.69) is 10.6 Å². The van der Waals surface area contributed by atoms with Crippen LogP contribution >= 0.6 is 0 Å². The van der Waals surface area contributed by atoms with E-state index < -0.39 is 0 Å². The fourth-order valence-corrected chi connectivity index (χ4v) is 5.24. The first kappa shape index (κ1) is 15.6. The van der Waals surface area contributed by atoms with E-state index >= 15 is 0 Å². The number of amides is 2.